The Balaban J connectivity index is 1.28. The second-order valence-corrected chi connectivity index (χ2v) is 13.8. The third kappa shape index (κ3) is 3.52. The number of rotatable bonds is 9. The van der Waals surface area contributed by atoms with E-state index in [1.54, 1.807) is 7.11 Å². The number of carboxylic acid groups (broad SMARTS) is 1. The van der Waals surface area contributed by atoms with Crippen LogP contribution in [0.2, 0.25) is 0 Å². The first kappa shape index (κ1) is 27.0. The van der Waals surface area contributed by atoms with Gasteiger partial charge in [0.15, 0.2) is 0 Å². The third-order valence-electron chi connectivity index (χ3n) is 11.9. The van der Waals surface area contributed by atoms with E-state index in [0.29, 0.717) is 30.9 Å². The first-order valence-corrected chi connectivity index (χ1v) is 15.0. The molecule has 6 heteroatoms. The van der Waals surface area contributed by atoms with Gasteiger partial charge in [0.25, 0.3) is 0 Å². The summed E-state index contributed by atoms with van der Waals surface area (Å²) in [6, 6.07) is 8.62. The molecule has 6 rings (SSSR count). The van der Waals surface area contributed by atoms with Crippen molar-refractivity contribution in [1.82, 2.24) is 4.90 Å². The molecule has 1 saturated heterocycles. The molecule has 1 aromatic carbocycles. The van der Waals surface area contributed by atoms with Gasteiger partial charge >= 0.3 is 5.97 Å². The Morgan fingerprint density at radius 1 is 1.18 bits per heavy atom. The lowest BCUT2D eigenvalue weighted by Crippen LogP contribution is -2.63. The fourth-order valence-electron chi connectivity index (χ4n) is 10.3. The van der Waals surface area contributed by atoms with Crippen molar-refractivity contribution in [3.05, 3.63) is 41.5 Å². The monoisotopic (exact) mass is 535 g/mol. The molecular formula is C33H45NO5. The van der Waals surface area contributed by atoms with E-state index in [1.165, 1.54) is 5.56 Å². The predicted molar refractivity (Wildman–Crippen MR) is 149 cm³/mol. The van der Waals surface area contributed by atoms with Crippen LogP contribution in [0.25, 0.3) is 0 Å². The second kappa shape index (κ2) is 9.44. The minimum Gasteiger partial charge on any atom is -0.497 e. The van der Waals surface area contributed by atoms with Crippen LogP contribution < -0.4 is 4.74 Å². The molecule has 0 spiro atoms. The first-order valence-electron chi connectivity index (χ1n) is 15.0. The van der Waals surface area contributed by atoms with E-state index in [4.69, 9.17) is 9.47 Å². The molecular weight excluding hydrogens is 490 g/mol. The Bertz CT molecular complexity index is 1160. The van der Waals surface area contributed by atoms with Gasteiger partial charge in [-0.2, -0.15) is 0 Å². The number of hydrogen-bond acceptors (Lipinski definition) is 5. The largest absolute Gasteiger partial charge is 0.497 e. The maximum atomic E-state index is 13.6. The number of aliphatic carboxylic acids is 1. The Labute approximate surface area is 233 Å². The number of aldehydes is 1. The van der Waals surface area contributed by atoms with Crippen molar-refractivity contribution >= 4 is 12.3 Å². The van der Waals surface area contributed by atoms with Crippen LogP contribution in [0.4, 0.5) is 0 Å². The van der Waals surface area contributed by atoms with Gasteiger partial charge in [0.2, 0.25) is 0 Å². The van der Waals surface area contributed by atoms with Crippen molar-refractivity contribution in [3.8, 4) is 5.75 Å². The molecule has 1 N–H and O–H groups in total. The molecule has 5 aliphatic rings. The molecule has 1 aliphatic heterocycles. The molecule has 4 bridgehead atoms. The number of allylic oxidation sites excluding steroid dienone is 1. The molecule has 4 aliphatic carbocycles. The van der Waals surface area contributed by atoms with Gasteiger partial charge < -0.3 is 19.4 Å². The zero-order valence-electron chi connectivity index (χ0n) is 24.2. The van der Waals surface area contributed by atoms with Crippen molar-refractivity contribution in [2.24, 2.45) is 45.8 Å². The predicted octanol–water partition coefficient (Wildman–Crippen LogP) is 5.60. The first-order chi connectivity index (χ1) is 18.6. The van der Waals surface area contributed by atoms with E-state index in [2.05, 4.69) is 50.8 Å². The maximum absolute atomic E-state index is 13.6. The summed E-state index contributed by atoms with van der Waals surface area (Å²) in [5, 5.41) is 11.2. The van der Waals surface area contributed by atoms with Gasteiger partial charge in [-0.1, -0.05) is 51.0 Å². The summed E-state index contributed by atoms with van der Waals surface area (Å²) in [7, 11) is 1.68. The second-order valence-electron chi connectivity index (χ2n) is 13.8. The highest BCUT2D eigenvalue weighted by molar-refractivity contribution is 5.90. The molecule has 9 atom stereocenters. The number of likely N-dealkylation sites (tertiary alicyclic amines) is 1. The van der Waals surface area contributed by atoms with Gasteiger partial charge in [-0.3, -0.25) is 9.69 Å². The molecule has 3 saturated carbocycles. The minimum absolute atomic E-state index is 0.0605. The van der Waals surface area contributed by atoms with Crippen LogP contribution in [0.3, 0.4) is 0 Å². The van der Waals surface area contributed by atoms with Crippen molar-refractivity contribution in [3.63, 3.8) is 0 Å². The molecule has 0 aromatic heterocycles. The molecule has 6 nitrogen and oxygen atoms in total. The molecule has 39 heavy (non-hydrogen) atoms. The molecule has 4 unspecified atom stereocenters. The highest BCUT2D eigenvalue weighted by Gasteiger charge is 2.84. The summed E-state index contributed by atoms with van der Waals surface area (Å²) >= 11 is 0. The van der Waals surface area contributed by atoms with Crippen molar-refractivity contribution < 1.29 is 24.2 Å². The van der Waals surface area contributed by atoms with Crippen LogP contribution in [-0.4, -0.2) is 54.7 Å². The van der Waals surface area contributed by atoms with E-state index < -0.39 is 22.2 Å². The van der Waals surface area contributed by atoms with Crippen molar-refractivity contribution in [1.29, 1.82) is 0 Å². The van der Waals surface area contributed by atoms with Crippen LogP contribution >= 0.6 is 0 Å². The molecule has 0 amide bonds. The average molecular weight is 536 g/mol. The Kier molecular flexibility index (Phi) is 6.54. The number of carboxylic acids is 1. The average Bonchev–Trinajstić information content (AvgIpc) is 3.60. The van der Waals surface area contributed by atoms with E-state index in [9.17, 15) is 14.7 Å². The zero-order chi connectivity index (χ0) is 27.7. The summed E-state index contributed by atoms with van der Waals surface area (Å²) in [4.78, 5) is 29.3. The topological polar surface area (TPSA) is 76.1 Å². The summed E-state index contributed by atoms with van der Waals surface area (Å²) in [6.45, 7) is 10.9. The number of nitrogens with zero attached hydrogens (tertiary/aromatic N) is 1. The lowest BCUT2D eigenvalue weighted by molar-refractivity contribution is -0.188. The highest BCUT2D eigenvalue weighted by Crippen LogP contribution is 2.82. The van der Waals surface area contributed by atoms with Gasteiger partial charge in [-0.05, 0) is 79.9 Å². The van der Waals surface area contributed by atoms with Gasteiger partial charge in [0.05, 0.1) is 25.2 Å². The normalized spacial score (nSPS) is 42.6. The smallest absolute Gasteiger partial charge is 0.315 e. The van der Waals surface area contributed by atoms with Crippen LogP contribution in [0.1, 0.15) is 65.4 Å². The fraction of sp³-hybridized carbons (Fsp3) is 0.697. The summed E-state index contributed by atoms with van der Waals surface area (Å²) < 4.78 is 12.1. The quantitative estimate of drug-likeness (QED) is 0.328. The van der Waals surface area contributed by atoms with Gasteiger partial charge in [0.1, 0.15) is 17.5 Å². The number of fused-ring (bicyclic) bond motifs is 2. The van der Waals surface area contributed by atoms with E-state index >= 15 is 0 Å². The lowest BCUT2D eigenvalue weighted by Gasteiger charge is -2.58. The van der Waals surface area contributed by atoms with Crippen molar-refractivity contribution in [2.45, 2.75) is 78.5 Å². The molecule has 4 fully saturated rings. The molecule has 212 valence electrons. The van der Waals surface area contributed by atoms with Gasteiger partial charge in [-0.15, -0.1) is 0 Å². The van der Waals surface area contributed by atoms with E-state index in [1.807, 2.05) is 12.1 Å². The van der Waals surface area contributed by atoms with Gasteiger partial charge in [0, 0.05) is 24.5 Å². The Morgan fingerprint density at radius 3 is 2.56 bits per heavy atom. The van der Waals surface area contributed by atoms with Crippen LogP contribution in [-0.2, 0) is 20.9 Å². The zero-order valence-corrected chi connectivity index (χ0v) is 24.2. The third-order valence-corrected chi connectivity index (χ3v) is 11.9. The number of benzene rings is 1. The maximum Gasteiger partial charge on any atom is 0.315 e. The van der Waals surface area contributed by atoms with E-state index in [0.717, 1.165) is 56.4 Å². The minimum atomic E-state index is -1.15. The SMILES string of the molecule is COc1ccc(CN2C[C@H](OCC34C[C@@H]5[C@H](C)CC[C@H]5C5(C=O)CC3C=C(C(C)C)C45C(=O)O)C[C@@H]2C)cc1. The highest BCUT2D eigenvalue weighted by atomic mass is 16.5. The number of ether oxygens (including phenoxy) is 2. The molecule has 1 aromatic rings. The number of hydrogen-bond donors (Lipinski definition) is 1. The van der Waals surface area contributed by atoms with Crippen LogP contribution in [0.15, 0.2) is 35.9 Å². The van der Waals surface area contributed by atoms with Crippen LogP contribution in [0, 0.1) is 45.8 Å². The number of methoxy groups -OCH3 is 1. The fourth-order valence-corrected chi connectivity index (χ4v) is 10.3. The lowest BCUT2D eigenvalue weighted by atomic mass is 9.43. The standard InChI is InChI=1S/C33H45NO5/c1-20(2)29-13-24-14-31(18-35)28-11-6-21(3)27(28)15-32(24,33(29,31)30(36)37)19-39-26-12-22(4)34(17-26)16-23-7-9-25(38-5)10-8-23/h7-10,13,18,20-22,24,26-28H,6,11-12,14-17,19H2,1-5H3,(H,36,37)/t21-,22+,24?,26-,27-,28-,31?,32?,33?/m1/s1. The molecule has 1 heterocycles. The summed E-state index contributed by atoms with van der Waals surface area (Å²) in [5.74, 6) is 1.32. The van der Waals surface area contributed by atoms with Gasteiger partial charge in [-0.25, -0.2) is 0 Å². The Morgan fingerprint density at radius 2 is 1.92 bits per heavy atom. The Hall–Kier alpha value is -2.18. The number of carbonyl (C=O) groups is 2. The van der Waals surface area contributed by atoms with Crippen LogP contribution in [0.5, 0.6) is 5.75 Å². The summed E-state index contributed by atoms with van der Waals surface area (Å²) in [6.07, 6.45) is 7.94. The van der Waals surface area contributed by atoms with Crippen molar-refractivity contribution in [2.75, 3.05) is 20.3 Å². The summed E-state index contributed by atoms with van der Waals surface area (Å²) in [5.41, 5.74) is -0.292. The molecule has 0 radical (unpaired) electrons. The van der Waals surface area contributed by atoms with E-state index in [-0.39, 0.29) is 23.9 Å². The number of carbonyl (C=O) groups excluding carboxylic acids is 1.